The zero-order chi connectivity index (χ0) is 16.9. The highest BCUT2D eigenvalue weighted by Crippen LogP contribution is 2.12. The molecule has 5 nitrogen and oxygen atoms in total. The van der Waals surface area contributed by atoms with Crippen LogP contribution in [0, 0.1) is 5.92 Å². The molecule has 22 heavy (non-hydrogen) atoms. The third-order valence-corrected chi connectivity index (χ3v) is 3.09. The van der Waals surface area contributed by atoms with Crippen LogP contribution in [0.4, 0.5) is 0 Å². The molecule has 0 heterocycles. The number of nitrogens with one attached hydrogen (secondary N) is 2. The molecule has 0 aliphatic rings. The first kappa shape index (κ1) is 18.0. The van der Waals surface area contributed by atoms with Gasteiger partial charge < -0.3 is 15.4 Å². The van der Waals surface area contributed by atoms with Gasteiger partial charge in [-0.1, -0.05) is 13.8 Å². The Morgan fingerprint density at radius 2 is 1.64 bits per heavy atom. The molecule has 0 aromatic heterocycles. The number of rotatable bonds is 5. The van der Waals surface area contributed by atoms with Crippen molar-refractivity contribution in [2.24, 2.45) is 5.92 Å². The largest absolute Gasteiger partial charge is 0.497 e. The van der Waals surface area contributed by atoms with Gasteiger partial charge in [0.2, 0.25) is 5.91 Å². The highest BCUT2D eigenvalue weighted by Gasteiger charge is 2.27. The van der Waals surface area contributed by atoms with Crippen LogP contribution in [0.15, 0.2) is 24.3 Å². The van der Waals surface area contributed by atoms with Crippen LogP contribution in [0.2, 0.25) is 0 Å². The molecule has 0 bridgehead atoms. The van der Waals surface area contributed by atoms with E-state index >= 15 is 0 Å². The molecule has 0 aliphatic carbocycles. The number of carbonyl (C=O) groups excluding carboxylic acids is 2. The van der Waals surface area contributed by atoms with E-state index in [0.717, 1.165) is 0 Å². The number of amides is 2. The van der Waals surface area contributed by atoms with Crippen molar-refractivity contribution in [1.82, 2.24) is 10.6 Å². The highest BCUT2D eigenvalue weighted by atomic mass is 16.5. The summed E-state index contributed by atoms with van der Waals surface area (Å²) in [6.07, 6.45) is 0. The van der Waals surface area contributed by atoms with Gasteiger partial charge in [-0.25, -0.2) is 0 Å². The molecule has 122 valence electrons. The van der Waals surface area contributed by atoms with E-state index < -0.39 is 6.04 Å². The monoisotopic (exact) mass is 306 g/mol. The molecule has 1 atom stereocenters. The summed E-state index contributed by atoms with van der Waals surface area (Å²) in [5.74, 6) is 0.224. The molecule has 0 radical (unpaired) electrons. The Labute approximate surface area is 132 Å². The zero-order valence-corrected chi connectivity index (χ0v) is 14.2. The molecular weight excluding hydrogens is 280 g/mol. The lowest BCUT2D eigenvalue weighted by Gasteiger charge is -2.27. The van der Waals surface area contributed by atoms with Crippen molar-refractivity contribution < 1.29 is 14.3 Å². The number of methoxy groups -OCH3 is 1. The van der Waals surface area contributed by atoms with E-state index in [2.05, 4.69) is 10.6 Å². The van der Waals surface area contributed by atoms with Gasteiger partial charge >= 0.3 is 0 Å². The predicted molar refractivity (Wildman–Crippen MR) is 87.0 cm³/mol. The molecule has 0 fully saturated rings. The molecule has 2 N–H and O–H groups in total. The number of hydrogen-bond acceptors (Lipinski definition) is 3. The molecule has 0 unspecified atom stereocenters. The maximum atomic E-state index is 12.3. The molecule has 1 rings (SSSR count). The highest BCUT2D eigenvalue weighted by molar-refractivity contribution is 5.97. The smallest absolute Gasteiger partial charge is 0.251 e. The second kappa shape index (κ2) is 7.29. The predicted octanol–water partition coefficient (Wildman–Crippen LogP) is 2.36. The van der Waals surface area contributed by atoms with Crippen LogP contribution < -0.4 is 15.4 Å². The molecule has 1 aromatic carbocycles. The van der Waals surface area contributed by atoms with Crippen LogP contribution in [0.5, 0.6) is 5.75 Å². The second-order valence-corrected chi connectivity index (χ2v) is 6.66. The van der Waals surface area contributed by atoms with Gasteiger partial charge in [-0.3, -0.25) is 9.59 Å². The Kier molecular flexibility index (Phi) is 5.97. The topological polar surface area (TPSA) is 67.4 Å². The third kappa shape index (κ3) is 5.39. The lowest BCUT2D eigenvalue weighted by Crippen LogP contribution is -2.54. The van der Waals surface area contributed by atoms with Crippen LogP contribution in [0.1, 0.15) is 45.0 Å². The average Bonchev–Trinajstić information content (AvgIpc) is 2.42. The fourth-order valence-corrected chi connectivity index (χ4v) is 1.95. The summed E-state index contributed by atoms with van der Waals surface area (Å²) in [4.78, 5) is 24.6. The van der Waals surface area contributed by atoms with E-state index in [1.54, 1.807) is 31.4 Å². The molecule has 0 saturated carbocycles. The van der Waals surface area contributed by atoms with E-state index in [-0.39, 0.29) is 23.3 Å². The van der Waals surface area contributed by atoms with Crippen LogP contribution >= 0.6 is 0 Å². The molecule has 0 saturated heterocycles. The van der Waals surface area contributed by atoms with Gasteiger partial charge in [-0.15, -0.1) is 0 Å². The average molecular weight is 306 g/mol. The molecule has 2 amide bonds. The van der Waals surface area contributed by atoms with Gasteiger partial charge in [0.05, 0.1) is 7.11 Å². The van der Waals surface area contributed by atoms with Gasteiger partial charge in [0.25, 0.3) is 5.91 Å². The Bertz CT molecular complexity index is 516. The number of carbonyl (C=O) groups is 2. The van der Waals surface area contributed by atoms with Gasteiger partial charge in [0, 0.05) is 11.1 Å². The quantitative estimate of drug-likeness (QED) is 0.877. The summed E-state index contributed by atoms with van der Waals surface area (Å²) in [6.45, 7) is 9.54. The zero-order valence-electron chi connectivity index (χ0n) is 14.2. The number of benzene rings is 1. The summed E-state index contributed by atoms with van der Waals surface area (Å²) < 4.78 is 5.07. The minimum Gasteiger partial charge on any atom is -0.497 e. The van der Waals surface area contributed by atoms with Crippen molar-refractivity contribution >= 4 is 11.8 Å². The van der Waals surface area contributed by atoms with Crippen LogP contribution in [-0.4, -0.2) is 30.5 Å². The molecule has 0 spiro atoms. The fourth-order valence-electron chi connectivity index (χ4n) is 1.95. The maximum absolute atomic E-state index is 12.3. The van der Waals surface area contributed by atoms with E-state index in [0.29, 0.717) is 11.3 Å². The summed E-state index contributed by atoms with van der Waals surface area (Å²) in [5, 5.41) is 5.70. The van der Waals surface area contributed by atoms with Crippen molar-refractivity contribution in [3.8, 4) is 5.75 Å². The Balaban J connectivity index is 2.81. The third-order valence-electron chi connectivity index (χ3n) is 3.09. The minimum absolute atomic E-state index is 0.00968. The first-order valence-corrected chi connectivity index (χ1v) is 7.41. The van der Waals surface area contributed by atoms with Crippen LogP contribution in [0.3, 0.4) is 0 Å². The standard InChI is InChI=1S/C17H26N2O3/c1-11(2)14(16(21)19-17(3,4)5)18-15(20)12-7-9-13(22-6)10-8-12/h7-11,14H,1-6H3,(H,18,20)(H,19,21)/t14-/m0/s1. The first-order valence-electron chi connectivity index (χ1n) is 7.41. The van der Waals surface area contributed by atoms with E-state index in [1.165, 1.54) is 0 Å². The lowest BCUT2D eigenvalue weighted by molar-refractivity contribution is -0.125. The van der Waals surface area contributed by atoms with Crippen LogP contribution in [0.25, 0.3) is 0 Å². The van der Waals surface area contributed by atoms with Gasteiger partial charge in [0.15, 0.2) is 0 Å². The van der Waals surface area contributed by atoms with E-state index in [4.69, 9.17) is 4.74 Å². The van der Waals surface area contributed by atoms with Crippen molar-refractivity contribution in [2.75, 3.05) is 7.11 Å². The molecule has 5 heteroatoms. The fraction of sp³-hybridized carbons (Fsp3) is 0.529. The SMILES string of the molecule is COc1ccc(C(=O)N[C@H](C(=O)NC(C)(C)C)C(C)C)cc1. The van der Waals surface area contributed by atoms with Crippen molar-refractivity contribution in [3.05, 3.63) is 29.8 Å². The second-order valence-electron chi connectivity index (χ2n) is 6.66. The first-order chi connectivity index (χ1) is 10.1. The molecule has 0 aliphatic heterocycles. The normalized spacial score (nSPS) is 12.7. The van der Waals surface area contributed by atoms with E-state index in [1.807, 2.05) is 34.6 Å². The summed E-state index contributed by atoms with van der Waals surface area (Å²) >= 11 is 0. The Morgan fingerprint density at radius 3 is 2.05 bits per heavy atom. The minimum atomic E-state index is -0.575. The number of hydrogen-bond donors (Lipinski definition) is 2. The Hall–Kier alpha value is -2.04. The lowest BCUT2D eigenvalue weighted by atomic mass is 10.0. The summed E-state index contributed by atoms with van der Waals surface area (Å²) in [5.41, 5.74) is 0.157. The van der Waals surface area contributed by atoms with Crippen molar-refractivity contribution in [1.29, 1.82) is 0 Å². The van der Waals surface area contributed by atoms with Crippen molar-refractivity contribution in [2.45, 2.75) is 46.2 Å². The number of ether oxygens (including phenoxy) is 1. The van der Waals surface area contributed by atoms with Gasteiger partial charge in [0.1, 0.15) is 11.8 Å². The van der Waals surface area contributed by atoms with Crippen LogP contribution in [-0.2, 0) is 4.79 Å². The van der Waals surface area contributed by atoms with E-state index in [9.17, 15) is 9.59 Å². The summed E-state index contributed by atoms with van der Waals surface area (Å²) in [7, 11) is 1.57. The van der Waals surface area contributed by atoms with Gasteiger partial charge in [-0.2, -0.15) is 0 Å². The van der Waals surface area contributed by atoms with Gasteiger partial charge in [-0.05, 0) is 51.0 Å². The Morgan fingerprint density at radius 1 is 1.09 bits per heavy atom. The summed E-state index contributed by atoms with van der Waals surface area (Å²) in [6, 6.07) is 6.21. The maximum Gasteiger partial charge on any atom is 0.251 e. The molecule has 1 aromatic rings. The molecular formula is C17H26N2O3. The van der Waals surface area contributed by atoms with Crippen molar-refractivity contribution in [3.63, 3.8) is 0 Å².